The SMILES string of the molecule is CCCCCCCC.[NaH]. The molecule has 0 aromatic rings. The van der Waals surface area contributed by atoms with E-state index in [9.17, 15) is 0 Å². The number of unbranched alkanes of at least 4 members (excludes halogenated alkanes) is 5. The first-order valence-corrected chi connectivity index (χ1v) is 3.91. The van der Waals surface area contributed by atoms with Crippen LogP contribution in [0.1, 0.15) is 52.4 Å². The fourth-order valence-electron chi connectivity index (χ4n) is 0.854. The first-order chi connectivity index (χ1) is 3.91. The molecule has 0 radical (unpaired) electrons. The Kier molecular flexibility index (Phi) is 16.5. The van der Waals surface area contributed by atoms with Gasteiger partial charge in [-0.1, -0.05) is 52.4 Å². The van der Waals surface area contributed by atoms with Gasteiger partial charge in [-0.3, -0.25) is 0 Å². The van der Waals surface area contributed by atoms with E-state index in [1.54, 1.807) is 0 Å². The molecule has 0 aliphatic heterocycles. The average Bonchev–Trinajstić information content (AvgIpc) is 1.81. The van der Waals surface area contributed by atoms with E-state index in [1.807, 2.05) is 0 Å². The second kappa shape index (κ2) is 11.8. The molecular weight excluding hydrogens is 119 g/mol. The van der Waals surface area contributed by atoms with Crippen LogP contribution in [0.15, 0.2) is 0 Å². The zero-order valence-corrected chi connectivity index (χ0v) is 6.24. The van der Waals surface area contributed by atoms with E-state index in [0.717, 1.165) is 0 Å². The van der Waals surface area contributed by atoms with Crippen molar-refractivity contribution in [3.05, 3.63) is 0 Å². The Balaban J connectivity index is 0. The zero-order chi connectivity index (χ0) is 6.24. The van der Waals surface area contributed by atoms with Crippen LogP contribution in [-0.2, 0) is 0 Å². The van der Waals surface area contributed by atoms with E-state index in [1.165, 1.54) is 38.5 Å². The molecular formula is C8H19Na. The van der Waals surface area contributed by atoms with Gasteiger partial charge >= 0.3 is 29.6 Å². The van der Waals surface area contributed by atoms with Crippen LogP contribution in [0.5, 0.6) is 0 Å². The quantitative estimate of drug-likeness (QED) is 0.405. The molecule has 0 spiro atoms. The maximum atomic E-state index is 2.26. The maximum absolute atomic E-state index is 2.26. The molecule has 0 aliphatic carbocycles. The summed E-state index contributed by atoms with van der Waals surface area (Å²) in [6.07, 6.45) is 8.49. The summed E-state index contributed by atoms with van der Waals surface area (Å²) in [4.78, 5) is 0. The van der Waals surface area contributed by atoms with Crippen molar-refractivity contribution in [1.29, 1.82) is 0 Å². The van der Waals surface area contributed by atoms with Crippen molar-refractivity contribution < 1.29 is 0 Å². The molecule has 1 heteroatoms. The molecule has 0 heterocycles. The zero-order valence-electron chi connectivity index (χ0n) is 6.24. The van der Waals surface area contributed by atoms with Gasteiger partial charge in [-0.15, -0.1) is 0 Å². The normalized spacial score (nSPS) is 8.67. The van der Waals surface area contributed by atoms with Gasteiger partial charge in [-0.05, 0) is 0 Å². The monoisotopic (exact) mass is 138 g/mol. The van der Waals surface area contributed by atoms with Crippen LogP contribution in [0.2, 0.25) is 0 Å². The van der Waals surface area contributed by atoms with E-state index in [2.05, 4.69) is 13.8 Å². The molecule has 9 heavy (non-hydrogen) atoms. The Morgan fingerprint density at radius 3 is 1.22 bits per heavy atom. The third-order valence-corrected chi connectivity index (χ3v) is 1.46. The molecule has 0 rings (SSSR count). The first-order valence-electron chi connectivity index (χ1n) is 3.91. The number of hydrogen-bond acceptors (Lipinski definition) is 0. The van der Waals surface area contributed by atoms with E-state index < -0.39 is 0 Å². The molecule has 52 valence electrons. The van der Waals surface area contributed by atoms with Crippen LogP contribution in [0.3, 0.4) is 0 Å². The van der Waals surface area contributed by atoms with Crippen molar-refractivity contribution in [2.24, 2.45) is 0 Å². The number of rotatable bonds is 5. The second-order valence-corrected chi connectivity index (χ2v) is 2.41. The molecule has 0 unspecified atom stereocenters. The van der Waals surface area contributed by atoms with E-state index in [4.69, 9.17) is 0 Å². The van der Waals surface area contributed by atoms with Crippen molar-refractivity contribution in [2.45, 2.75) is 52.4 Å². The minimum atomic E-state index is 0. The summed E-state index contributed by atoms with van der Waals surface area (Å²) in [5.74, 6) is 0. The Morgan fingerprint density at radius 1 is 0.667 bits per heavy atom. The fourth-order valence-corrected chi connectivity index (χ4v) is 0.854. The van der Waals surface area contributed by atoms with Gasteiger partial charge in [0.05, 0.1) is 0 Å². The summed E-state index contributed by atoms with van der Waals surface area (Å²) in [6, 6.07) is 0. The summed E-state index contributed by atoms with van der Waals surface area (Å²) in [5.41, 5.74) is 0. The number of hydrogen-bond donors (Lipinski definition) is 0. The van der Waals surface area contributed by atoms with Crippen LogP contribution in [0.4, 0.5) is 0 Å². The van der Waals surface area contributed by atoms with Crippen molar-refractivity contribution in [3.8, 4) is 0 Å². The van der Waals surface area contributed by atoms with E-state index in [-0.39, 0.29) is 29.6 Å². The van der Waals surface area contributed by atoms with E-state index >= 15 is 0 Å². The summed E-state index contributed by atoms with van der Waals surface area (Å²) in [5, 5.41) is 0. The van der Waals surface area contributed by atoms with Gasteiger partial charge in [0.15, 0.2) is 0 Å². The van der Waals surface area contributed by atoms with Gasteiger partial charge in [0.2, 0.25) is 0 Å². The standard InChI is InChI=1S/C8H18.Na.H/c1-3-5-7-8-6-4-2;;/h3-8H2,1-2H3;;. The molecule has 0 atom stereocenters. The molecule has 0 fully saturated rings. The predicted octanol–water partition coefficient (Wildman–Crippen LogP) is 2.72. The summed E-state index contributed by atoms with van der Waals surface area (Å²) in [6.45, 7) is 4.51. The van der Waals surface area contributed by atoms with Gasteiger partial charge in [0.1, 0.15) is 0 Å². The van der Waals surface area contributed by atoms with Gasteiger partial charge < -0.3 is 0 Å². The van der Waals surface area contributed by atoms with Crippen LogP contribution < -0.4 is 0 Å². The molecule has 0 saturated carbocycles. The molecule has 0 aliphatic rings. The molecule has 0 bridgehead atoms. The minimum absolute atomic E-state index is 0. The van der Waals surface area contributed by atoms with Gasteiger partial charge in [-0.25, -0.2) is 0 Å². The molecule has 0 aromatic carbocycles. The third kappa shape index (κ3) is 12.2. The van der Waals surface area contributed by atoms with Crippen LogP contribution in [0.25, 0.3) is 0 Å². The van der Waals surface area contributed by atoms with Crippen LogP contribution >= 0.6 is 0 Å². The van der Waals surface area contributed by atoms with Crippen LogP contribution in [-0.4, -0.2) is 29.6 Å². The summed E-state index contributed by atoms with van der Waals surface area (Å²) in [7, 11) is 0. The van der Waals surface area contributed by atoms with Crippen LogP contribution in [0, 0.1) is 0 Å². The molecule has 0 N–H and O–H groups in total. The predicted molar refractivity (Wildman–Crippen MR) is 46.2 cm³/mol. The first kappa shape index (κ1) is 12.7. The Hall–Kier alpha value is 1.00. The van der Waals surface area contributed by atoms with Crippen molar-refractivity contribution in [2.75, 3.05) is 0 Å². The molecule has 0 nitrogen and oxygen atoms in total. The van der Waals surface area contributed by atoms with Gasteiger partial charge in [0, 0.05) is 0 Å². The van der Waals surface area contributed by atoms with Gasteiger partial charge in [-0.2, -0.15) is 0 Å². The Morgan fingerprint density at radius 2 is 1.00 bits per heavy atom. The van der Waals surface area contributed by atoms with E-state index in [0.29, 0.717) is 0 Å². The topological polar surface area (TPSA) is 0 Å². The Labute approximate surface area is 81.7 Å². The summed E-state index contributed by atoms with van der Waals surface area (Å²) >= 11 is 0. The second-order valence-electron chi connectivity index (χ2n) is 2.41. The molecule has 0 aromatic heterocycles. The van der Waals surface area contributed by atoms with Crippen molar-refractivity contribution in [3.63, 3.8) is 0 Å². The fraction of sp³-hybridized carbons (Fsp3) is 1.00. The summed E-state index contributed by atoms with van der Waals surface area (Å²) < 4.78 is 0. The average molecular weight is 138 g/mol. The molecule has 0 amide bonds. The van der Waals surface area contributed by atoms with Gasteiger partial charge in [0.25, 0.3) is 0 Å². The Bertz CT molecular complexity index is 29.5. The van der Waals surface area contributed by atoms with Crippen molar-refractivity contribution >= 4 is 29.6 Å². The van der Waals surface area contributed by atoms with Crippen molar-refractivity contribution in [1.82, 2.24) is 0 Å². The third-order valence-electron chi connectivity index (χ3n) is 1.46. The molecule has 0 saturated heterocycles.